The van der Waals surface area contributed by atoms with Gasteiger partial charge in [-0.1, -0.05) is 133 Å². The number of hydrogen-bond donors (Lipinski definition) is 0. The van der Waals surface area contributed by atoms with Gasteiger partial charge in [0.2, 0.25) is 0 Å². The summed E-state index contributed by atoms with van der Waals surface area (Å²) < 4.78 is 10.6. The van der Waals surface area contributed by atoms with Crippen LogP contribution in [0.4, 0.5) is 0 Å². The second-order valence-corrected chi connectivity index (χ2v) is 9.98. The Morgan fingerprint density at radius 1 is 0.475 bits per heavy atom. The van der Waals surface area contributed by atoms with Crippen LogP contribution >= 0.6 is 0 Å². The summed E-state index contributed by atoms with van der Waals surface area (Å²) in [6.45, 7) is 0.800. The summed E-state index contributed by atoms with van der Waals surface area (Å²) in [6.07, 6.45) is 5.69. The van der Waals surface area contributed by atoms with Gasteiger partial charge >= 0.3 is 11.9 Å². The fraction of sp³-hybridized carbons (Fsp3) is 0.167. The van der Waals surface area contributed by atoms with Crippen LogP contribution in [0.2, 0.25) is 0 Å². The van der Waals surface area contributed by atoms with Crippen molar-refractivity contribution >= 4 is 24.1 Å². The van der Waals surface area contributed by atoms with Gasteiger partial charge in [0, 0.05) is 0 Å². The lowest BCUT2D eigenvalue weighted by Crippen LogP contribution is -2.24. The van der Waals surface area contributed by atoms with Crippen LogP contribution in [0.25, 0.3) is 12.2 Å². The van der Waals surface area contributed by atoms with Crippen LogP contribution in [0.5, 0.6) is 0 Å². The highest BCUT2D eigenvalue weighted by Gasteiger charge is 2.29. The van der Waals surface area contributed by atoms with Crippen molar-refractivity contribution < 1.29 is 19.1 Å². The first-order valence-electron chi connectivity index (χ1n) is 13.6. The average molecular weight is 529 g/mol. The Hall–Kier alpha value is -4.70. The van der Waals surface area contributed by atoms with Crippen molar-refractivity contribution in [3.8, 4) is 0 Å². The number of carbonyl (C=O) groups excluding carboxylic acids is 2. The van der Waals surface area contributed by atoms with E-state index in [-0.39, 0.29) is 23.8 Å². The number of benzene rings is 4. The van der Waals surface area contributed by atoms with Gasteiger partial charge in [0.25, 0.3) is 0 Å². The van der Waals surface area contributed by atoms with Gasteiger partial charge in [0.05, 0.1) is 11.8 Å². The molecular formula is C36H32O4. The van der Waals surface area contributed by atoms with Crippen molar-refractivity contribution in [3.63, 3.8) is 0 Å². The molecule has 0 amide bonds. The molecule has 4 nitrogen and oxygen atoms in total. The number of esters is 2. The first-order chi connectivity index (χ1) is 19.7. The highest BCUT2D eigenvalue weighted by atomic mass is 16.5. The number of hydrogen-bond acceptors (Lipinski definition) is 4. The summed E-state index contributed by atoms with van der Waals surface area (Å²) in [7, 11) is 0. The maximum atomic E-state index is 11.9. The second-order valence-electron chi connectivity index (χ2n) is 9.98. The molecule has 2 aliphatic rings. The summed E-state index contributed by atoms with van der Waals surface area (Å²) in [5.41, 5.74) is 6.65. The molecule has 2 fully saturated rings. The fourth-order valence-electron chi connectivity index (χ4n) is 4.99. The molecule has 2 saturated heterocycles. The molecule has 0 aliphatic carbocycles. The van der Waals surface area contributed by atoms with E-state index in [1.807, 2.05) is 97.1 Å². The molecule has 40 heavy (non-hydrogen) atoms. The minimum absolute atomic E-state index is 0.124. The lowest BCUT2D eigenvalue weighted by Gasteiger charge is -2.23. The Bertz CT molecular complexity index is 1340. The molecule has 0 spiro atoms. The molecule has 4 aromatic carbocycles. The van der Waals surface area contributed by atoms with Crippen molar-refractivity contribution in [2.75, 3.05) is 13.2 Å². The second kappa shape index (κ2) is 13.4. The SMILES string of the molecule is O=C1OC/C(=C\c2ccccc2)C[C@@H]1c1ccccc1.O=C1OC/C(=C\c2ccccc2)C[C@@H]1c1ccccc1. The summed E-state index contributed by atoms with van der Waals surface area (Å²) in [4.78, 5) is 23.9. The topological polar surface area (TPSA) is 52.6 Å². The van der Waals surface area contributed by atoms with Crippen molar-refractivity contribution in [3.05, 3.63) is 155 Å². The van der Waals surface area contributed by atoms with Crippen molar-refractivity contribution in [2.45, 2.75) is 24.7 Å². The van der Waals surface area contributed by atoms with Crippen LogP contribution in [0.1, 0.15) is 46.9 Å². The minimum Gasteiger partial charge on any atom is -0.461 e. The predicted molar refractivity (Wildman–Crippen MR) is 158 cm³/mol. The summed E-state index contributed by atoms with van der Waals surface area (Å²) >= 11 is 0. The van der Waals surface area contributed by atoms with E-state index in [0.717, 1.165) is 46.2 Å². The van der Waals surface area contributed by atoms with Crippen molar-refractivity contribution in [2.24, 2.45) is 0 Å². The Labute approximate surface area is 235 Å². The van der Waals surface area contributed by atoms with Gasteiger partial charge in [0.15, 0.2) is 0 Å². The molecule has 4 heteroatoms. The van der Waals surface area contributed by atoms with Crippen molar-refractivity contribution in [1.82, 2.24) is 0 Å². The van der Waals surface area contributed by atoms with Gasteiger partial charge < -0.3 is 9.47 Å². The zero-order chi connectivity index (χ0) is 27.6. The van der Waals surface area contributed by atoms with E-state index in [2.05, 4.69) is 36.4 Å². The number of ether oxygens (including phenoxy) is 2. The third-order valence-corrected chi connectivity index (χ3v) is 7.05. The molecule has 0 radical (unpaired) electrons. The Morgan fingerprint density at radius 2 is 0.800 bits per heavy atom. The molecule has 2 atom stereocenters. The van der Waals surface area contributed by atoms with Crippen LogP contribution in [0, 0.1) is 0 Å². The van der Waals surface area contributed by atoms with Gasteiger partial charge in [-0.05, 0) is 46.2 Å². The van der Waals surface area contributed by atoms with Gasteiger partial charge in [-0.15, -0.1) is 0 Å². The summed E-state index contributed by atoms with van der Waals surface area (Å²) in [5.74, 6) is -0.609. The molecule has 0 saturated carbocycles. The summed E-state index contributed by atoms with van der Waals surface area (Å²) in [5, 5.41) is 0. The molecule has 2 aliphatic heterocycles. The summed E-state index contributed by atoms with van der Waals surface area (Å²) in [6, 6.07) is 39.9. The smallest absolute Gasteiger partial charge is 0.314 e. The molecule has 0 N–H and O–H groups in total. The zero-order valence-electron chi connectivity index (χ0n) is 22.3. The number of carbonyl (C=O) groups is 2. The molecule has 2 heterocycles. The van der Waals surface area contributed by atoms with E-state index in [4.69, 9.17) is 9.47 Å². The molecular weight excluding hydrogens is 496 g/mol. The van der Waals surface area contributed by atoms with Gasteiger partial charge in [-0.2, -0.15) is 0 Å². The van der Waals surface area contributed by atoms with E-state index in [9.17, 15) is 9.59 Å². The Kier molecular flexibility index (Phi) is 9.00. The van der Waals surface area contributed by atoms with Crippen LogP contribution < -0.4 is 0 Å². The van der Waals surface area contributed by atoms with E-state index >= 15 is 0 Å². The van der Waals surface area contributed by atoms with Gasteiger partial charge in [-0.25, -0.2) is 0 Å². The van der Waals surface area contributed by atoms with E-state index < -0.39 is 0 Å². The molecule has 0 unspecified atom stereocenters. The fourth-order valence-corrected chi connectivity index (χ4v) is 4.99. The monoisotopic (exact) mass is 528 g/mol. The third-order valence-electron chi connectivity index (χ3n) is 7.05. The van der Waals surface area contributed by atoms with Crippen LogP contribution in [0.3, 0.4) is 0 Å². The standard InChI is InChI=1S/2C18H16O2/c2*19-18-17(16-9-5-2-6-10-16)12-15(13-20-18)11-14-7-3-1-4-8-14/h2*1-11,17H,12-13H2/b2*15-11-/t2*17-/m11/s1. The lowest BCUT2D eigenvalue weighted by atomic mass is 9.89. The van der Waals surface area contributed by atoms with E-state index in [1.165, 1.54) is 0 Å². The number of cyclic esters (lactones) is 2. The maximum Gasteiger partial charge on any atom is 0.314 e. The highest BCUT2D eigenvalue weighted by molar-refractivity contribution is 5.81. The zero-order valence-corrected chi connectivity index (χ0v) is 22.3. The molecule has 200 valence electrons. The van der Waals surface area contributed by atoms with Crippen molar-refractivity contribution in [1.29, 1.82) is 0 Å². The minimum atomic E-state index is -0.181. The Morgan fingerprint density at radius 3 is 1.15 bits per heavy atom. The average Bonchev–Trinajstić information content (AvgIpc) is 3.01. The molecule has 0 bridgehead atoms. The third kappa shape index (κ3) is 7.23. The normalized spacial score (nSPS) is 20.7. The maximum absolute atomic E-state index is 11.9. The van der Waals surface area contributed by atoms with Gasteiger partial charge in [-0.3, -0.25) is 9.59 Å². The van der Waals surface area contributed by atoms with Crippen LogP contribution in [-0.2, 0) is 19.1 Å². The number of rotatable bonds is 4. The van der Waals surface area contributed by atoms with E-state index in [1.54, 1.807) is 0 Å². The molecule has 0 aromatic heterocycles. The molecule has 4 aromatic rings. The predicted octanol–water partition coefficient (Wildman–Crippen LogP) is 7.60. The lowest BCUT2D eigenvalue weighted by molar-refractivity contribution is -0.147. The van der Waals surface area contributed by atoms with Crippen LogP contribution in [0.15, 0.2) is 132 Å². The highest BCUT2D eigenvalue weighted by Crippen LogP contribution is 2.31. The first kappa shape index (κ1) is 26.9. The van der Waals surface area contributed by atoms with Crippen LogP contribution in [-0.4, -0.2) is 25.2 Å². The molecule has 6 rings (SSSR count). The Balaban J connectivity index is 0.000000161. The first-order valence-corrected chi connectivity index (χ1v) is 13.6. The quantitative estimate of drug-likeness (QED) is 0.256. The largest absolute Gasteiger partial charge is 0.461 e. The van der Waals surface area contributed by atoms with E-state index in [0.29, 0.717) is 13.2 Å². The van der Waals surface area contributed by atoms with Gasteiger partial charge in [0.1, 0.15) is 13.2 Å².